The van der Waals surface area contributed by atoms with Gasteiger partial charge in [-0.15, -0.1) is 16.4 Å². The van der Waals surface area contributed by atoms with Crippen LogP contribution in [0.4, 0.5) is 5.69 Å². The third kappa shape index (κ3) is 1.97. The van der Waals surface area contributed by atoms with Gasteiger partial charge in [-0.25, -0.2) is 0 Å². The smallest absolute Gasteiger partial charge is 0.264 e. The Labute approximate surface area is 118 Å². The number of amides is 2. The third-order valence-corrected chi connectivity index (χ3v) is 4.46. The lowest BCUT2D eigenvalue weighted by Gasteiger charge is -2.11. The van der Waals surface area contributed by atoms with Gasteiger partial charge in [0.15, 0.2) is 0 Å². The summed E-state index contributed by atoms with van der Waals surface area (Å²) in [7, 11) is 1.72. The van der Waals surface area contributed by atoms with Crippen molar-refractivity contribution in [2.45, 2.75) is 12.5 Å². The molecule has 2 amide bonds. The largest absolute Gasteiger partial charge is 0.397 e. The molecule has 3 N–H and O–H groups in total. The van der Waals surface area contributed by atoms with Gasteiger partial charge in [-0.3, -0.25) is 9.59 Å². The van der Waals surface area contributed by atoms with Crippen molar-refractivity contribution in [3.63, 3.8) is 0 Å². The first-order chi connectivity index (χ1) is 9.58. The number of rotatable bonds is 2. The fourth-order valence-corrected chi connectivity index (χ4v) is 3.16. The Kier molecular flexibility index (Phi) is 3.01. The van der Waals surface area contributed by atoms with Crippen molar-refractivity contribution in [3.8, 4) is 0 Å². The molecule has 0 saturated carbocycles. The van der Waals surface area contributed by atoms with Crippen LogP contribution in [-0.4, -0.2) is 46.5 Å². The fraction of sp³-hybridized carbons (Fsp3) is 0.333. The van der Waals surface area contributed by atoms with E-state index in [1.54, 1.807) is 18.0 Å². The van der Waals surface area contributed by atoms with E-state index in [1.807, 2.05) is 0 Å². The quantitative estimate of drug-likeness (QED) is 0.825. The van der Waals surface area contributed by atoms with E-state index in [2.05, 4.69) is 15.5 Å². The first kappa shape index (κ1) is 12.8. The summed E-state index contributed by atoms with van der Waals surface area (Å²) in [6.07, 6.45) is 2.15. The van der Waals surface area contributed by atoms with Crippen LogP contribution in [0.25, 0.3) is 10.2 Å². The number of fused-ring (bicyclic) bond motifs is 1. The number of nitrogens with one attached hydrogen (secondary N) is 1. The third-order valence-electron chi connectivity index (χ3n) is 3.36. The van der Waals surface area contributed by atoms with Gasteiger partial charge >= 0.3 is 0 Å². The summed E-state index contributed by atoms with van der Waals surface area (Å²) < 4.78 is 0. The number of carbonyl (C=O) groups is 2. The van der Waals surface area contributed by atoms with Crippen LogP contribution in [0.2, 0.25) is 0 Å². The van der Waals surface area contributed by atoms with Crippen molar-refractivity contribution in [2.24, 2.45) is 0 Å². The molecule has 1 unspecified atom stereocenters. The second-order valence-corrected chi connectivity index (χ2v) is 5.67. The summed E-state index contributed by atoms with van der Waals surface area (Å²) in [5, 5.41) is 11.1. The minimum absolute atomic E-state index is 0.0715. The molecule has 1 fully saturated rings. The van der Waals surface area contributed by atoms with Crippen molar-refractivity contribution in [3.05, 3.63) is 17.1 Å². The molecular weight excluding hydrogens is 278 g/mol. The maximum absolute atomic E-state index is 12.2. The molecular formula is C12H13N5O2S. The monoisotopic (exact) mass is 291 g/mol. The lowest BCUT2D eigenvalue weighted by atomic mass is 10.2. The highest BCUT2D eigenvalue weighted by Gasteiger charge is 2.31. The second kappa shape index (κ2) is 4.71. The van der Waals surface area contributed by atoms with Crippen molar-refractivity contribution in [1.29, 1.82) is 0 Å². The normalized spacial score (nSPS) is 18.8. The van der Waals surface area contributed by atoms with Gasteiger partial charge in [0, 0.05) is 19.0 Å². The van der Waals surface area contributed by atoms with Crippen LogP contribution in [0.3, 0.4) is 0 Å². The first-order valence-corrected chi connectivity index (χ1v) is 6.95. The Balaban J connectivity index is 1.86. The average molecular weight is 291 g/mol. The first-order valence-electron chi connectivity index (χ1n) is 6.13. The molecule has 0 aliphatic carbocycles. The van der Waals surface area contributed by atoms with Crippen molar-refractivity contribution >= 4 is 39.1 Å². The Morgan fingerprint density at radius 1 is 1.60 bits per heavy atom. The van der Waals surface area contributed by atoms with E-state index in [-0.39, 0.29) is 11.8 Å². The summed E-state index contributed by atoms with van der Waals surface area (Å²) in [6, 6.07) is 1.25. The van der Waals surface area contributed by atoms with Gasteiger partial charge in [-0.2, -0.15) is 5.10 Å². The molecule has 1 atom stereocenters. The molecule has 1 saturated heterocycles. The van der Waals surface area contributed by atoms with E-state index in [0.29, 0.717) is 33.7 Å². The van der Waals surface area contributed by atoms with Crippen LogP contribution in [0.5, 0.6) is 0 Å². The Bertz CT molecular complexity index is 698. The van der Waals surface area contributed by atoms with E-state index >= 15 is 0 Å². The van der Waals surface area contributed by atoms with E-state index in [0.717, 1.165) is 0 Å². The van der Waals surface area contributed by atoms with Crippen molar-refractivity contribution in [1.82, 2.24) is 20.4 Å². The molecule has 20 heavy (non-hydrogen) atoms. The molecule has 3 rings (SSSR count). The Hall–Kier alpha value is -2.22. The number of hydrogen-bond donors (Lipinski definition) is 2. The highest BCUT2D eigenvalue weighted by molar-refractivity contribution is 7.21. The minimum atomic E-state index is -0.469. The number of nitrogens with two attached hydrogens (primary N) is 1. The number of thiophene rings is 1. The number of likely N-dealkylation sites (tertiary alicyclic amines) is 1. The Morgan fingerprint density at radius 2 is 2.40 bits per heavy atom. The standard InChI is InChI=1S/C12H13N5O2S/c1-17-5-3-7(12(17)19)15-10(18)9-8(13)6-2-4-14-16-11(6)20-9/h2,4,7H,3,5,13H2,1H3,(H,15,18). The Morgan fingerprint density at radius 3 is 3.05 bits per heavy atom. The van der Waals surface area contributed by atoms with Crippen LogP contribution >= 0.6 is 11.3 Å². The van der Waals surface area contributed by atoms with Gasteiger partial charge in [-0.1, -0.05) is 0 Å². The van der Waals surface area contributed by atoms with E-state index in [1.165, 1.54) is 17.5 Å². The lowest BCUT2D eigenvalue weighted by Crippen LogP contribution is -2.40. The molecule has 1 aliphatic heterocycles. The maximum atomic E-state index is 12.2. The molecule has 8 heteroatoms. The van der Waals surface area contributed by atoms with Crippen LogP contribution in [0.15, 0.2) is 12.3 Å². The highest BCUT2D eigenvalue weighted by Crippen LogP contribution is 2.31. The number of aromatic nitrogens is 2. The average Bonchev–Trinajstić information content (AvgIpc) is 2.94. The zero-order valence-electron chi connectivity index (χ0n) is 10.8. The number of nitrogens with zero attached hydrogens (tertiary/aromatic N) is 3. The summed E-state index contributed by atoms with van der Waals surface area (Å²) in [5.41, 5.74) is 6.35. The minimum Gasteiger partial charge on any atom is -0.397 e. The molecule has 0 aromatic carbocycles. The SMILES string of the molecule is CN1CCC(NC(=O)c2sc3nnccc3c2N)C1=O. The topological polar surface area (TPSA) is 101 Å². The molecule has 2 aromatic rings. The van der Waals surface area contributed by atoms with Gasteiger partial charge in [0.2, 0.25) is 5.91 Å². The molecule has 104 valence electrons. The second-order valence-electron chi connectivity index (χ2n) is 4.67. The molecule has 2 aromatic heterocycles. The fourth-order valence-electron chi connectivity index (χ4n) is 2.22. The molecule has 0 spiro atoms. The van der Waals surface area contributed by atoms with Gasteiger partial charge in [-0.05, 0) is 12.5 Å². The maximum Gasteiger partial charge on any atom is 0.264 e. The number of likely N-dealkylation sites (N-methyl/N-ethyl adjacent to an activating group) is 1. The van der Waals surface area contributed by atoms with Crippen LogP contribution in [-0.2, 0) is 4.79 Å². The molecule has 1 aliphatic rings. The number of nitrogen functional groups attached to an aromatic ring is 1. The van der Waals surface area contributed by atoms with Gasteiger partial charge in [0.25, 0.3) is 5.91 Å². The zero-order valence-corrected chi connectivity index (χ0v) is 11.6. The molecule has 0 radical (unpaired) electrons. The van der Waals surface area contributed by atoms with Gasteiger partial charge in [0.05, 0.1) is 11.9 Å². The summed E-state index contributed by atoms with van der Waals surface area (Å²) in [6.45, 7) is 0.650. The van der Waals surface area contributed by atoms with Crippen molar-refractivity contribution in [2.75, 3.05) is 19.3 Å². The molecule has 0 bridgehead atoms. The number of hydrogen-bond acceptors (Lipinski definition) is 6. The van der Waals surface area contributed by atoms with E-state index < -0.39 is 6.04 Å². The zero-order chi connectivity index (χ0) is 14.3. The predicted molar refractivity (Wildman–Crippen MR) is 75.3 cm³/mol. The van der Waals surface area contributed by atoms with Crippen LogP contribution < -0.4 is 11.1 Å². The summed E-state index contributed by atoms with van der Waals surface area (Å²) in [4.78, 5) is 26.6. The van der Waals surface area contributed by atoms with Crippen LogP contribution in [0.1, 0.15) is 16.1 Å². The molecule has 3 heterocycles. The van der Waals surface area contributed by atoms with Gasteiger partial charge in [0.1, 0.15) is 15.7 Å². The lowest BCUT2D eigenvalue weighted by molar-refractivity contribution is -0.128. The summed E-state index contributed by atoms with van der Waals surface area (Å²) >= 11 is 1.18. The van der Waals surface area contributed by atoms with E-state index in [4.69, 9.17) is 5.73 Å². The number of anilines is 1. The van der Waals surface area contributed by atoms with Crippen molar-refractivity contribution < 1.29 is 9.59 Å². The molecule has 7 nitrogen and oxygen atoms in total. The van der Waals surface area contributed by atoms with Crippen LogP contribution in [0, 0.1) is 0 Å². The van der Waals surface area contributed by atoms with Gasteiger partial charge < -0.3 is 16.0 Å². The highest BCUT2D eigenvalue weighted by atomic mass is 32.1. The summed E-state index contributed by atoms with van der Waals surface area (Å²) in [5.74, 6) is -0.406. The predicted octanol–water partition coefficient (Wildman–Crippen LogP) is 0.234. The van der Waals surface area contributed by atoms with E-state index in [9.17, 15) is 9.59 Å². The number of carbonyl (C=O) groups excluding carboxylic acids is 2.